The number of carbonyl (C=O) groups is 1. The molecule has 0 saturated carbocycles. The standard InChI is InChI=1S/C19H17F3N4OS/c20-19(21,22)15-6-7-18(24-11-15)28-13-17(27)23-9-8-14-10-25-26(12-14)16-4-2-1-3-5-16/h1-7,10-12H,8-9,13H2,(H,23,27). The lowest BCUT2D eigenvalue weighted by atomic mass is 10.2. The van der Waals surface area contributed by atoms with Crippen molar-refractivity contribution >= 4 is 17.7 Å². The summed E-state index contributed by atoms with van der Waals surface area (Å²) in [6.07, 6.45) is 0.636. The number of nitrogens with one attached hydrogen (secondary N) is 1. The van der Waals surface area contributed by atoms with Crippen molar-refractivity contribution in [3.63, 3.8) is 0 Å². The van der Waals surface area contributed by atoms with Gasteiger partial charge >= 0.3 is 6.18 Å². The number of hydrogen-bond acceptors (Lipinski definition) is 4. The summed E-state index contributed by atoms with van der Waals surface area (Å²) >= 11 is 1.09. The van der Waals surface area contributed by atoms with Gasteiger partial charge in [0, 0.05) is 18.9 Å². The number of halogens is 3. The zero-order valence-corrected chi connectivity index (χ0v) is 15.5. The van der Waals surface area contributed by atoms with E-state index in [0.717, 1.165) is 35.3 Å². The molecule has 1 N–H and O–H groups in total. The minimum atomic E-state index is -4.41. The highest BCUT2D eigenvalue weighted by Crippen LogP contribution is 2.29. The predicted octanol–water partition coefficient (Wildman–Crippen LogP) is 3.74. The molecule has 0 fully saturated rings. The first kappa shape index (κ1) is 19.9. The van der Waals surface area contributed by atoms with Crippen molar-refractivity contribution in [2.75, 3.05) is 12.3 Å². The number of aromatic nitrogens is 3. The fourth-order valence-electron chi connectivity index (χ4n) is 2.38. The fraction of sp³-hybridized carbons (Fsp3) is 0.211. The molecule has 2 heterocycles. The van der Waals surface area contributed by atoms with Crippen LogP contribution in [0.3, 0.4) is 0 Å². The van der Waals surface area contributed by atoms with Crippen LogP contribution < -0.4 is 5.32 Å². The van der Waals surface area contributed by atoms with Crippen molar-refractivity contribution in [3.8, 4) is 5.69 Å². The van der Waals surface area contributed by atoms with E-state index in [1.807, 2.05) is 36.5 Å². The van der Waals surface area contributed by atoms with Crippen LogP contribution in [0.15, 0.2) is 66.1 Å². The zero-order chi connectivity index (χ0) is 20.0. The van der Waals surface area contributed by atoms with Crippen LogP contribution in [0.1, 0.15) is 11.1 Å². The lowest BCUT2D eigenvalue weighted by molar-refractivity contribution is -0.137. The summed E-state index contributed by atoms with van der Waals surface area (Å²) in [6, 6.07) is 11.9. The quantitative estimate of drug-likeness (QED) is 0.608. The van der Waals surface area contributed by atoms with Crippen molar-refractivity contribution in [2.24, 2.45) is 0 Å². The van der Waals surface area contributed by atoms with Gasteiger partial charge in [-0.15, -0.1) is 0 Å². The molecule has 1 amide bonds. The lowest BCUT2D eigenvalue weighted by Crippen LogP contribution is -2.27. The lowest BCUT2D eigenvalue weighted by Gasteiger charge is -2.07. The second-order valence-electron chi connectivity index (χ2n) is 5.90. The molecule has 5 nitrogen and oxygen atoms in total. The van der Waals surface area contributed by atoms with Gasteiger partial charge in [0.2, 0.25) is 5.91 Å². The third-order valence-corrected chi connectivity index (χ3v) is 4.75. The second kappa shape index (κ2) is 8.92. The molecular formula is C19H17F3N4OS. The van der Waals surface area contributed by atoms with E-state index in [-0.39, 0.29) is 11.7 Å². The first-order chi connectivity index (χ1) is 13.4. The Morgan fingerprint density at radius 1 is 1.11 bits per heavy atom. The third-order valence-electron chi connectivity index (χ3n) is 3.81. The third kappa shape index (κ3) is 5.59. The average Bonchev–Trinajstić information content (AvgIpc) is 3.16. The maximum absolute atomic E-state index is 12.5. The van der Waals surface area contributed by atoms with E-state index in [9.17, 15) is 18.0 Å². The van der Waals surface area contributed by atoms with Gasteiger partial charge < -0.3 is 5.32 Å². The number of rotatable bonds is 7. The largest absolute Gasteiger partial charge is 0.417 e. The molecule has 0 aliphatic carbocycles. The van der Waals surface area contributed by atoms with E-state index < -0.39 is 11.7 Å². The van der Waals surface area contributed by atoms with Crippen LogP contribution in [0.5, 0.6) is 0 Å². The Morgan fingerprint density at radius 3 is 2.57 bits per heavy atom. The second-order valence-corrected chi connectivity index (χ2v) is 6.90. The Balaban J connectivity index is 1.41. The number of benzene rings is 1. The molecule has 0 aliphatic rings. The van der Waals surface area contributed by atoms with Gasteiger partial charge in [-0.05, 0) is 36.2 Å². The summed E-state index contributed by atoms with van der Waals surface area (Å²) in [4.78, 5) is 15.6. The number of thioether (sulfide) groups is 1. The Morgan fingerprint density at radius 2 is 1.89 bits per heavy atom. The van der Waals surface area contributed by atoms with Crippen LogP contribution in [0, 0.1) is 0 Å². The number of amides is 1. The van der Waals surface area contributed by atoms with Crippen LogP contribution in [-0.2, 0) is 17.4 Å². The van der Waals surface area contributed by atoms with Gasteiger partial charge in [0.15, 0.2) is 0 Å². The molecule has 2 aromatic heterocycles. The van der Waals surface area contributed by atoms with E-state index in [1.165, 1.54) is 6.07 Å². The molecule has 0 atom stereocenters. The van der Waals surface area contributed by atoms with E-state index in [1.54, 1.807) is 10.9 Å². The van der Waals surface area contributed by atoms with Crippen molar-refractivity contribution in [2.45, 2.75) is 17.6 Å². The van der Waals surface area contributed by atoms with Gasteiger partial charge in [-0.2, -0.15) is 18.3 Å². The fourth-order valence-corrected chi connectivity index (χ4v) is 3.05. The molecule has 0 radical (unpaired) electrons. The predicted molar refractivity (Wildman–Crippen MR) is 100 cm³/mol. The van der Waals surface area contributed by atoms with Gasteiger partial charge in [-0.1, -0.05) is 30.0 Å². The van der Waals surface area contributed by atoms with Crippen molar-refractivity contribution in [1.29, 1.82) is 0 Å². The monoisotopic (exact) mass is 406 g/mol. The molecule has 0 aliphatic heterocycles. The van der Waals surface area contributed by atoms with Gasteiger partial charge in [-0.25, -0.2) is 9.67 Å². The normalized spacial score (nSPS) is 11.4. The number of para-hydroxylation sites is 1. The maximum Gasteiger partial charge on any atom is 0.417 e. The molecule has 9 heteroatoms. The summed E-state index contributed by atoms with van der Waals surface area (Å²) < 4.78 is 39.2. The Bertz CT molecular complexity index is 911. The zero-order valence-electron chi connectivity index (χ0n) is 14.7. The Hall–Kier alpha value is -2.81. The summed E-state index contributed by atoms with van der Waals surface area (Å²) in [5, 5.41) is 7.45. The van der Waals surface area contributed by atoms with Crippen LogP contribution in [0.25, 0.3) is 5.69 Å². The van der Waals surface area contributed by atoms with Crippen LogP contribution in [0.4, 0.5) is 13.2 Å². The number of pyridine rings is 1. The summed E-state index contributed by atoms with van der Waals surface area (Å²) in [5.41, 5.74) is 1.14. The Labute approximate surface area is 164 Å². The average molecular weight is 406 g/mol. The van der Waals surface area contributed by atoms with Gasteiger partial charge in [0.05, 0.1) is 28.2 Å². The highest BCUT2D eigenvalue weighted by molar-refractivity contribution is 7.99. The van der Waals surface area contributed by atoms with Crippen molar-refractivity contribution in [3.05, 3.63) is 72.2 Å². The van der Waals surface area contributed by atoms with Crippen LogP contribution in [-0.4, -0.2) is 33.0 Å². The van der Waals surface area contributed by atoms with Crippen molar-refractivity contribution in [1.82, 2.24) is 20.1 Å². The number of alkyl halides is 3. The maximum atomic E-state index is 12.5. The molecule has 0 bridgehead atoms. The van der Waals surface area contributed by atoms with Crippen molar-refractivity contribution < 1.29 is 18.0 Å². The SMILES string of the molecule is O=C(CSc1ccc(C(F)(F)F)cn1)NCCc1cnn(-c2ccccc2)c1. The molecule has 1 aromatic carbocycles. The van der Waals surface area contributed by atoms with Gasteiger partial charge in [0.25, 0.3) is 0 Å². The first-order valence-corrected chi connectivity index (χ1v) is 9.42. The number of carbonyl (C=O) groups excluding carboxylic acids is 1. The minimum Gasteiger partial charge on any atom is -0.355 e. The molecule has 146 valence electrons. The molecule has 0 spiro atoms. The summed E-state index contributed by atoms with van der Waals surface area (Å²) in [6.45, 7) is 0.445. The highest BCUT2D eigenvalue weighted by Gasteiger charge is 2.30. The molecule has 3 rings (SSSR count). The van der Waals surface area contributed by atoms with E-state index >= 15 is 0 Å². The summed E-state index contributed by atoms with van der Waals surface area (Å²) in [5.74, 6) is -0.121. The van der Waals surface area contributed by atoms with Gasteiger partial charge in [0.1, 0.15) is 0 Å². The topological polar surface area (TPSA) is 59.8 Å². The number of hydrogen-bond donors (Lipinski definition) is 1. The molecule has 3 aromatic rings. The molecule has 0 saturated heterocycles. The van der Waals surface area contributed by atoms with Crippen LogP contribution in [0.2, 0.25) is 0 Å². The van der Waals surface area contributed by atoms with E-state index in [2.05, 4.69) is 15.4 Å². The molecule has 28 heavy (non-hydrogen) atoms. The minimum absolute atomic E-state index is 0.0850. The smallest absolute Gasteiger partial charge is 0.355 e. The highest BCUT2D eigenvalue weighted by atomic mass is 32.2. The van der Waals surface area contributed by atoms with Crippen LogP contribution >= 0.6 is 11.8 Å². The summed E-state index contributed by atoms with van der Waals surface area (Å²) in [7, 11) is 0. The molecular weight excluding hydrogens is 389 g/mol. The Kier molecular flexibility index (Phi) is 6.35. The van der Waals surface area contributed by atoms with E-state index in [4.69, 9.17) is 0 Å². The van der Waals surface area contributed by atoms with E-state index in [0.29, 0.717) is 18.0 Å². The van der Waals surface area contributed by atoms with Gasteiger partial charge in [-0.3, -0.25) is 4.79 Å². The number of nitrogens with zero attached hydrogens (tertiary/aromatic N) is 3. The molecule has 0 unspecified atom stereocenters. The first-order valence-electron chi connectivity index (χ1n) is 8.43.